The van der Waals surface area contributed by atoms with Gasteiger partial charge in [0.1, 0.15) is 0 Å². The Bertz CT molecular complexity index is 436. The Labute approximate surface area is 83.3 Å². The van der Waals surface area contributed by atoms with Crippen LogP contribution in [0.4, 0.5) is 5.69 Å². The molecule has 0 fully saturated rings. The van der Waals surface area contributed by atoms with E-state index in [-0.39, 0.29) is 5.43 Å². The maximum Gasteiger partial charge on any atom is 0.212 e. The highest BCUT2D eigenvalue weighted by molar-refractivity contribution is 5.89. The van der Waals surface area contributed by atoms with E-state index in [0.29, 0.717) is 6.04 Å². The molecule has 0 heterocycles. The van der Waals surface area contributed by atoms with Crippen LogP contribution in [0.3, 0.4) is 0 Å². The fraction of sp³-hybridized carbons (Fsp3) is 0.250. The van der Waals surface area contributed by atoms with Gasteiger partial charge in [-0.3, -0.25) is 4.79 Å². The van der Waals surface area contributed by atoms with Crippen molar-refractivity contribution in [3.05, 3.63) is 40.6 Å². The third-order valence-electron chi connectivity index (χ3n) is 2.14. The molecule has 1 N–H and O–H groups in total. The van der Waals surface area contributed by atoms with Crippen LogP contribution in [-0.4, -0.2) is 6.04 Å². The maximum atomic E-state index is 11.4. The highest BCUT2D eigenvalue weighted by Crippen LogP contribution is 2.29. The maximum absolute atomic E-state index is 11.4. The van der Waals surface area contributed by atoms with Gasteiger partial charge in [-0.2, -0.15) is 0 Å². The lowest BCUT2D eigenvalue weighted by atomic mass is 10.2. The van der Waals surface area contributed by atoms with Gasteiger partial charge in [0.15, 0.2) is 0 Å². The molecule has 0 atom stereocenters. The van der Waals surface area contributed by atoms with Crippen LogP contribution in [0, 0.1) is 0 Å². The van der Waals surface area contributed by atoms with Crippen LogP contribution >= 0.6 is 0 Å². The molecular weight excluding hydrogens is 174 g/mol. The molecule has 0 aliphatic heterocycles. The van der Waals surface area contributed by atoms with E-state index < -0.39 is 0 Å². The first-order valence-corrected chi connectivity index (χ1v) is 4.81. The number of nitrogens with one attached hydrogen (secondary N) is 1. The molecule has 72 valence electrons. The highest BCUT2D eigenvalue weighted by atomic mass is 16.1. The van der Waals surface area contributed by atoms with E-state index in [1.807, 2.05) is 44.2 Å². The lowest BCUT2D eigenvalue weighted by Gasteiger charge is -2.02. The number of rotatable bonds is 3. The third-order valence-corrected chi connectivity index (χ3v) is 2.14. The number of anilines is 1. The Morgan fingerprint density at radius 1 is 1.14 bits per heavy atom. The second-order valence-electron chi connectivity index (χ2n) is 3.74. The van der Waals surface area contributed by atoms with E-state index in [4.69, 9.17) is 0 Å². The Balaban J connectivity index is 2.24. The molecule has 2 nitrogen and oxygen atoms in total. The number of benzene rings is 1. The summed E-state index contributed by atoms with van der Waals surface area (Å²) in [6.45, 7) is 4.06. The van der Waals surface area contributed by atoms with Crippen molar-refractivity contribution in [3.8, 4) is 11.1 Å². The second-order valence-corrected chi connectivity index (χ2v) is 3.74. The molecule has 0 aromatic heterocycles. The van der Waals surface area contributed by atoms with Crippen LogP contribution in [0.5, 0.6) is 0 Å². The van der Waals surface area contributed by atoms with Crippen LogP contribution in [0.2, 0.25) is 0 Å². The molecule has 0 aliphatic carbocycles. The molecule has 0 bridgehead atoms. The summed E-state index contributed by atoms with van der Waals surface area (Å²) < 4.78 is 0. The predicted octanol–water partition coefficient (Wildman–Crippen LogP) is 2.41. The van der Waals surface area contributed by atoms with Gasteiger partial charge in [0, 0.05) is 6.04 Å². The van der Waals surface area contributed by atoms with Crippen molar-refractivity contribution in [2.75, 3.05) is 5.32 Å². The minimum Gasteiger partial charge on any atom is -0.379 e. The van der Waals surface area contributed by atoms with Crippen molar-refractivity contribution in [2.45, 2.75) is 19.9 Å². The molecule has 0 radical (unpaired) electrons. The molecule has 0 spiro atoms. The Kier molecular flexibility index (Phi) is 2.12. The summed E-state index contributed by atoms with van der Waals surface area (Å²) in [6.07, 6.45) is 0. The van der Waals surface area contributed by atoms with Crippen LogP contribution < -0.4 is 10.7 Å². The molecule has 0 unspecified atom stereocenters. The lowest BCUT2D eigenvalue weighted by molar-refractivity contribution is 0.904. The van der Waals surface area contributed by atoms with Gasteiger partial charge in [-0.25, -0.2) is 0 Å². The van der Waals surface area contributed by atoms with Crippen molar-refractivity contribution in [1.82, 2.24) is 0 Å². The van der Waals surface area contributed by atoms with E-state index in [2.05, 4.69) is 5.32 Å². The van der Waals surface area contributed by atoms with E-state index in [1.54, 1.807) is 0 Å². The first-order valence-electron chi connectivity index (χ1n) is 4.81. The zero-order valence-electron chi connectivity index (χ0n) is 8.37. The Morgan fingerprint density at radius 2 is 1.79 bits per heavy atom. The largest absolute Gasteiger partial charge is 0.379 e. The summed E-state index contributed by atoms with van der Waals surface area (Å²) in [4.78, 5) is 11.4. The number of hydrogen-bond acceptors (Lipinski definition) is 2. The fourth-order valence-corrected chi connectivity index (χ4v) is 1.48. The zero-order chi connectivity index (χ0) is 10.1. The van der Waals surface area contributed by atoms with Gasteiger partial charge in [-0.15, -0.1) is 0 Å². The molecule has 0 aliphatic rings. The summed E-state index contributed by atoms with van der Waals surface area (Å²) in [7, 11) is 0. The quantitative estimate of drug-likeness (QED) is 0.799. The first kappa shape index (κ1) is 9.00. The summed E-state index contributed by atoms with van der Waals surface area (Å²) in [5, 5.41) is 3.15. The molecule has 0 amide bonds. The zero-order valence-corrected chi connectivity index (χ0v) is 8.37. The van der Waals surface area contributed by atoms with Gasteiger partial charge in [-0.1, -0.05) is 30.3 Å². The smallest absolute Gasteiger partial charge is 0.212 e. The van der Waals surface area contributed by atoms with Gasteiger partial charge < -0.3 is 5.32 Å². The monoisotopic (exact) mass is 187 g/mol. The summed E-state index contributed by atoms with van der Waals surface area (Å²) >= 11 is 0. The molecule has 2 rings (SSSR count). The van der Waals surface area contributed by atoms with Crippen molar-refractivity contribution in [2.24, 2.45) is 0 Å². The van der Waals surface area contributed by atoms with E-state index >= 15 is 0 Å². The molecule has 0 saturated heterocycles. The number of hydrogen-bond donors (Lipinski definition) is 1. The van der Waals surface area contributed by atoms with E-state index in [9.17, 15) is 4.79 Å². The lowest BCUT2D eigenvalue weighted by Crippen LogP contribution is -2.08. The Hall–Kier alpha value is -1.57. The fourth-order valence-electron chi connectivity index (χ4n) is 1.48. The summed E-state index contributed by atoms with van der Waals surface area (Å²) in [5.41, 5.74) is 2.80. The highest BCUT2D eigenvalue weighted by Gasteiger charge is 2.23. The Morgan fingerprint density at radius 3 is 2.36 bits per heavy atom. The summed E-state index contributed by atoms with van der Waals surface area (Å²) in [5.74, 6) is 0. The molecule has 14 heavy (non-hydrogen) atoms. The third kappa shape index (κ3) is 1.55. The van der Waals surface area contributed by atoms with Crippen LogP contribution in [-0.2, 0) is 0 Å². The predicted molar refractivity (Wildman–Crippen MR) is 59.3 cm³/mol. The summed E-state index contributed by atoms with van der Waals surface area (Å²) in [6, 6.07) is 10.1. The van der Waals surface area contributed by atoms with Crippen LogP contribution in [0.15, 0.2) is 35.1 Å². The van der Waals surface area contributed by atoms with Crippen molar-refractivity contribution < 1.29 is 0 Å². The average molecular weight is 187 g/mol. The normalized spacial score (nSPS) is 11.1. The standard InChI is InChI=1S/C12H13NO/c1-8(2)13-11-10(12(11)14)9-6-4-3-5-7-9/h3-8,13H,1-2H3. The topological polar surface area (TPSA) is 29.1 Å². The van der Waals surface area contributed by atoms with Crippen molar-refractivity contribution >= 4 is 5.69 Å². The average Bonchev–Trinajstić information content (AvgIpc) is 2.77. The molecule has 2 heteroatoms. The van der Waals surface area contributed by atoms with E-state index in [1.165, 1.54) is 0 Å². The van der Waals surface area contributed by atoms with Gasteiger partial charge in [0.25, 0.3) is 0 Å². The SMILES string of the molecule is CC(C)Nc1c(-c2ccccc2)c1=O. The van der Waals surface area contributed by atoms with Crippen molar-refractivity contribution in [1.29, 1.82) is 0 Å². The minimum atomic E-state index is 0.157. The van der Waals surface area contributed by atoms with Gasteiger partial charge in [0.2, 0.25) is 5.43 Å². The van der Waals surface area contributed by atoms with Crippen LogP contribution in [0.25, 0.3) is 11.1 Å². The molecule has 0 saturated carbocycles. The first-order chi connectivity index (χ1) is 6.70. The molecule has 2 aromatic rings. The van der Waals surface area contributed by atoms with Gasteiger partial charge in [0.05, 0.1) is 11.3 Å². The molecular formula is C12H13NO. The molecule has 2 aromatic carbocycles. The van der Waals surface area contributed by atoms with E-state index in [0.717, 1.165) is 16.8 Å². The van der Waals surface area contributed by atoms with Crippen LogP contribution in [0.1, 0.15) is 13.8 Å². The van der Waals surface area contributed by atoms with Crippen molar-refractivity contribution in [3.63, 3.8) is 0 Å². The van der Waals surface area contributed by atoms with Gasteiger partial charge >= 0.3 is 0 Å². The van der Waals surface area contributed by atoms with Gasteiger partial charge in [-0.05, 0) is 19.4 Å². The second kappa shape index (κ2) is 3.29. The minimum absolute atomic E-state index is 0.157.